The Bertz CT molecular complexity index is 361. The number of hydrogen-bond acceptors (Lipinski definition) is 3. The molecule has 1 heterocycles. The van der Waals surface area contributed by atoms with Crippen molar-refractivity contribution in [1.29, 1.82) is 0 Å². The van der Waals surface area contributed by atoms with Crippen molar-refractivity contribution in [1.82, 2.24) is 9.88 Å². The molecule has 1 aromatic heterocycles. The van der Waals surface area contributed by atoms with E-state index < -0.39 is 0 Å². The maximum Gasteiger partial charge on any atom is 0.188 e. The summed E-state index contributed by atoms with van der Waals surface area (Å²) >= 11 is 5.80. The first-order valence-electron chi connectivity index (χ1n) is 4.09. The van der Waals surface area contributed by atoms with Gasteiger partial charge in [0.1, 0.15) is 0 Å². The molecule has 0 saturated carbocycles. The highest BCUT2D eigenvalue weighted by molar-refractivity contribution is 6.34. The van der Waals surface area contributed by atoms with Gasteiger partial charge in [-0.25, -0.2) is 0 Å². The van der Waals surface area contributed by atoms with E-state index in [2.05, 4.69) is 4.98 Å². The van der Waals surface area contributed by atoms with Crippen LogP contribution in [0.15, 0.2) is 30.7 Å². The molecule has 14 heavy (non-hydrogen) atoms. The number of nitrogens with zero attached hydrogens (tertiary/aromatic N) is 2. The minimum Gasteiger partial charge on any atom is -0.383 e. The number of carbonyl (C=O) groups excluding carboxylic acids is 1. The Morgan fingerprint density at radius 1 is 1.57 bits per heavy atom. The third-order valence-electron chi connectivity index (χ3n) is 1.56. The third kappa shape index (κ3) is 2.85. The topological polar surface area (TPSA) is 33.2 Å². The fraction of sp³-hybridized carbons (Fsp3) is 0.200. The maximum atomic E-state index is 11.5. The van der Waals surface area contributed by atoms with Crippen LogP contribution < -0.4 is 0 Å². The molecule has 0 spiro atoms. The zero-order chi connectivity index (χ0) is 10.6. The van der Waals surface area contributed by atoms with Crippen molar-refractivity contribution in [2.45, 2.75) is 0 Å². The molecule has 4 heteroatoms. The van der Waals surface area contributed by atoms with Gasteiger partial charge in [0, 0.05) is 44.3 Å². The van der Waals surface area contributed by atoms with E-state index in [0.717, 1.165) is 0 Å². The van der Waals surface area contributed by atoms with Gasteiger partial charge in [-0.05, 0) is 6.07 Å². The van der Waals surface area contributed by atoms with Crippen molar-refractivity contribution in [2.75, 3.05) is 14.1 Å². The molecule has 1 rings (SSSR count). The molecule has 74 valence electrons. The van der Waals surface area contributed by atoms with Gasteiger partial charge in [0.2, 0.25) is 0 Å². The Labute approximate surface area is 88.0 Å². The van der Waals surface area contributed by atoms with Gasteiger partial charge in [0.15, 0.2) is 5.78 Å². The summed E-state index contributed by atoms with van der Waals surface area (Å²) in [5, 5.41) is 0.376. The fourth-order valence-electron chi connectivity index (χ4n) is 0.882. The Morgan fingerprint density at radius 2 is 2.29 bits per heavy atom. The number of rotatable bonds is 3. The van der Waals surface area contributed by atoms with Crippen molar-refractivity contribution in [3.05, 3.63) is 41.3 Å². The molecule has 0 unspecified atom stereocenters. The molecule has 0 fully saturated rings. The molecule has 0 bridgehead atoms. The van der Waals surface area contributed by atoms with Crippen molar-refractivity contribution in [2.24, 2.45) is 0 Å². The molecule has 0 aliphatic rings. The molecule has 0 aromatic carbocycles. The molecule has 0 aliphatic carbocycles. The van der Waals surface area contributed by atoms with Gasteiger partial charge in [-0.2, -0.15) is 0 Å². The predicted octanol–water partition coefficient (Wildman–Crippen LogP) is 1.99. The zero-order valence-corrected chi connectivity index (χ0v) is 8.82. The smallest absolute Gasteiger partial charge is 0.188 e. The molecule has 0 saturated heterocycles. The fourth-order valence-corrected chi connectivity index (χ4v) is 1.09. The molecule has 0 atom stereocenters. The summed E-state index contributed by atoms with van der Waals surface area (Å²) in [5.41, 5.74) is 0.472. The van der Waals surface area contributed by atoms with Gasteiger partial charge in [-0.3, -0.25) is 9.78 Å². The summed E-state index contributed by atoms with van der Waals surface area (Å²) in [7, 11) is 3.69. The quantitative estimate of drug-likeness (QED) is 0.565. The minimum absolute atomic E-state index is 0.119. The van der Waals surface area contributed by atoms with Crippen molar-refractivity contribution in [3.8, 4) is 0 Å². The van der Waals surface area contributed by atoms with Crippen LogP contribution in [0, 0.1) is 0 Å². The summed E-state index contributed by atoms with van der Waals surface area (Å²) < 4.78 is 0. The maximum absolute atomic E-state index is 11.5. The Hall–Kier alpha value is -1.35. The number of ketones is 1. The number of allylic oxidation sites excluding steroid dienone is 1. The number of pyridine rings is 1. The first-order valence-corrected chi connectivity index (χ1v) is 4.47. The summed E-state index contributed by atoms with van der Waals surface area (Å²) in [5.74, 6) is -0.119. The summed E-state index contributed by atoms with van der Waals surface area (Å²) in [6.07, 6.45) is 6.15. The lowest BCUT2D eigenvalue weighted by Gasteiger charge is -2.03. The van der Waals surface area contributed by atoms with Crippen LogP contribution in [0.2, 0.25) is 5.02 Å². The van der Waals surface area contributed by atoms with Crippen LogP contribution in [0.1, 0.15) is 10.4 Å². The molecule has 3 nitrogen and oxygen atoms in total. The van der Waals surface area contributed by atoms with E-state index in [1.54, 1.807) is 23.4 Å². The highest BCUT2D eigenvalue weighted by atomic mass is 35.5. The summed E-state index contributed by atoms with van der Waals surface area (Å²) in [4.78, 5) is 17.1. The SMILES string of the molecule is CN(C)/C=C/C(=O)c1ccncc1Cl. The molecular weight excluding hydrogens is 200 g/mol. The minimum atomic E-state index is -0.119. The van der Waals surface area contributed by atoms with Gasteiger partial charge in [0.25, 0.3) is 0 Å². The molecule has 1 aromatic rings. The second kappa shape index (κ2) is 4.77. The van der Waals surface area contributed by atoms with Crippen LogP contribution in [0.25, 0.3) is 0 Å². The van der Waals surface area contributed by atoms with Crippen LogP contribution in [-0.2, 0) is 0 Å². The van der Waals surface area contributed by atoms with Crippen LogP contribution in [0.5, 0.6) is 0 Å². The van der Waals surface area contributed by atoms with E-state index in [1.807, 2.05) is 14.1 Å². The summed E-state index contributed by atoms with van der Waals surface area (Å²) in [6.45, 7) is 0. The highest BCUT2D eigenvalue weighted by Crippen LogP contribution is 2.14. The monoisotopic (exact) mass is 210 g/mol. The van der Waals surface area contributed by atoms with Crippen molar-refractivity contribution < 1.29 is 4.79 Å². The first-order chi connectivity index (χ1) is 6.61. The molecular formula is C10H11ClN2O. The average molecular weight is 211 g/mol. The van der Waals surface area contributed by atoms with E-state index in [9.17, 15) is 4.79 Å². The van der Waals surface area contributed by atoms with E-state index in [4.69, 9.17) is 11.6 Å². The standard InChI is InChI=1S/C10H11ClN2O/c1-13(2)6-4-10(14)8-3-5-12-7-9(8)11/h3-7H,1-2H3/b6-4+. The normalized spacial score (nSPS) is 10.5. The Balaban J connectivity index is 2.85. The molecule has 0 aliphatic heterocycles. The second-order valence-corrected chi connectivity index (χ2v) is 3.41. The number of aromatic nitrogens is 1. The van der Waals surface area contributed by atoms with Crippen LogP contribution in [-0.4, -0.2) is 29.8 Å². The average Bonchev–Trinajstić information content (AvgIpc) is 2.15. The highest BCUT2D eigenvalue weighted by Gasteiger charge is 2.05. The van der Waals surface area contributed by atoms with E-state index in [1.165, 1.54) is 12.3 Å². The van der Waals surface area contributed by atoms with Crippen LogP contribution in [0.4, 0.5) is 0 Å². The molecule has 0 radical (unpaired) electrons. The van der Waals surface area contributed by atoms with Crippen molar-refractivity contribution >= 4 is 17.4 Å². The predicted molar refractivity (Wildman–Crippen MR) is 56.4 cm³/mol. The van der Waals surface area contributed by atoms with Gasteiger partial charge in [-0.15, -0.1) is 0 Å². The van der Waals surface area contributed by atoms with Gasteiger partial charge < -0.3 is 4.90 Å². The zero-order valence-electron chi connectivity index (χ0n) is 8.07. The Morgan fingerprint density at radius 3 is 2.86 bits per heavy atom. The lowest BCUT2D eigenvalue weighted by Crippen LogP contribution is -2.03. The van der Waals surface area contributed by atoms with E-state index in [-0.39, 0.29) is 5.78 Å². The Kier molecular flexibility index (Phi) is 3.65. The lowest BCUT2D eigenvalue weighted by atomic mass is 10.2. The largest absolute Gasteiger partial charge is 0.383 e. The number of hydrogen-bond donors (Lipinski definition) is 0. The molecule has 0 N–H and O–H groups in total. The second-order valence-electron chi connectivity index (χ2n) is 3.00. The van der Waals surface area contributed by atoms with Gasteiger partial charge >= 0.3 is 0 Å². The van der Waals surface area contributed by atoms with Gasteiger partial charge in [-0.1, -0.05) is 11.6 Å². The van der Waals surface area contributed by atoms with E-state index >= 15 is 0 Å². The number of halogens is 1. The van der Waals surface area contributed by atoms with Crippen molar-refractivity contribution in [3.63, 3.8) is 0 Å². The third-order valence-corrected chi connectivity index (χ3v) is 1.86. The number of carbonyl (C=O) groups is 1. The molecule has 0 amide bonds. The van der Waals surface area contributed by atoms with E-state index in [0.29, 0.717) is 10.6 Å². The lowest BCUT2D eigenvalue weighted by molar-refractivity contribution is 0.104. The summed E-state index contributed by atoms with van der Waals surface area (Å²) in [6, 6.07) is 1.60. The van der Waals surface area contributed by atoms with Crippen LogP contribution in [0.3, 0.4) is 0 Å². The first kappa shape index (κ1) is 10.7. The van der Waals surface area contributed by atoms with Crippen LogP contribution >= 0.6 is 11.6 Å². The van der Waals surface area contributed by atoms with Gasteiger partial charge in [0.05, 0.1) is 5.02 Å².